The number of para-hydroxylation sites is 1. The van der Waals surface area contributed by atoms with E-state index in [0.29, 0.717) is 10.1 Å². The van der Waals surface area contributed by atoms with Crippen molar-refractivity contribution < 1.29 is 4.79 Å². The van der Waals surface area contributed by atoms with E-state index in [1.807, 2.05) is 54.6 Å². The molecule has 2 atom stereocenters. The fraction of sp³-hybridized carbons (Fsp3) is 0.176. The first-order valence-corrected chi connectivity index (χ1v) is 9.09. The predicted octanol–water partition coefficient (Wildman–Crippen LogP) is 4.09. The molecule has 0 radical (unpaired) electrons. The predicted molar refractivity (Wildman–Crippen MR) is 98.8 cm³/mol. The van der Waals surface area contributed by atoms with Crippen LogP contribution in [0.25, 0.3) is 0 Å². The van der Waals surface area contributed by atoms with E-state index in [4.69, 9.17) is 23.8 Å². The minimum Gasteiger partial charge on any atom is -0.319 e. The molecule has 0 unspecified atom stereocenters. The van der Waals surface area contributed by atoms with E-state index in [-0.39, 0.29) is 17.3 Å². The van der Waals surface area contributed by atoms with Crippen LogP contribution in [0.15, 0.2) is 54.6 Å². The van der Waals surface area contributed by atoms with Crippen molar-refractivity contribution in [2.75, 3.05) is 10.7 Å². The molecule has 2 aromatic carbocycles. The van der Waals surface area contributed by atoms with Gasteiger partial charge in [-0.05, 0) is 42.0 Å². The Labute approximate surface area is 149 Å². The molecule has 23 heavy (non-hydrogen) atoms. The van der Waals surface area contributed by atoms with E-state index < -0.39 is 0 Å². The van der Waals surface area contributed by atoms with Crippen molar-refractivity contribution in [2.24, 2.45) is 0 Å². The van der Waals surface area contributed by atoms with Gasteiger partial charge >= 0.3 is 0 Å². The number of nitrogens with zero attached hydrogens (tertiary/aromatic N) is 2. The number of carbonyl (C=O) groups is 1. The summed E-state index contributed by atoms with van der Waals surface area (Å²) in [5.41, 5.74) is 1.95. The van der Waals surface area contributed by atoms with Crippen molar-refractivity contribution in [1.29, 1.82) is 0 Å². The van der Waals surface area contributed by atoms with Gasteiger partial charge < -0.3 is 4.90 Å². The molecule has 2 fully saturated rings. The summed E-state index contributed by atoms with van der Waals surface area (Å²) in [4.78, 5) is 16.5. The van der Waals surface area contributed by atoms with Gasteiger partial charge in [0.05, 0.1) is 5.69 Å². The Morgan fingerprint density at radius 3 is 2.48 bits per heavy atom. The highest BCUT2D eigenvalue weighted by Gasteiger charge is 2.50. The van der Waals surface area contributed by atoms with Crippen molar-refractivity contribution >= 4 is 52.3 Å². The van der Waals surface area contributed by atoms with Crippen molar-refractivity contribution in [2.45, 2.75) is 11.4 Å². The minimum atomic E-state index is -0.187. The summed E-state index contributed by atoms with van der Waals surface area (Å²) in [5, 5.41) is 1.35. The number of halogens is 1. The molecule has 2 aliphatic heterocycles. The lowest BCUT2D eigenvalue weighted by molar-refractivity contribution is -0.119. The molecule has 1 amide bonds. The number of benzene rings is 2. The molecule has 0 bridgehead atoms. The Hall–Kier alpha value is -1.56. The Morgan fingerprint density at radius 1 is 1.09 bits per heavy atom. The lowest BCUT2D eigenvalue weighted by Crippen LogP contribution is -2.33. The van der Waals surface area contributed by atoms with Gasteiger partial charge in [-0.1, -0.05) is 41.9 Å². The first-order valence-electron chi connectivity index (χ1n) is 7.25. The van der Waals surface area contributed by atoms with Crippen LogP contribution >= 0.6 is 35.6 Å². The van der Waals surface area contributed by atoms with E-state index in [1.165, 1.54) is 0 Å². The molecule has 0 N–H and O–H groups in total. The molecule has 116 valence electrons. The Morgan fingerprint density at radius 2 is 1.78 bits per heavy atom. The van der Waals surface area contributed by atoms with Crippen LogP contribution in [0.2, 0.25) is 5.02 Å². The summed E-state index contributed by atoms with van der Waals surface area (Å²) < 4.78 is 0. The molecule has 2 aromatic rings. The minimum absolute atomic E-state index is 0.0578. The van der Waals surface area contributed by atoms with Gasteiger partial charge in [0.2, 0.25) is 0 Å². The van der Waals surface area contributed by atoms with E-state index in [1.54, 1.807) is 16.7 Å². The number of anilines is 1. The number of rotatable bonds is 2. The van der Waals surface area contributed by atoms with Gasteiger partial charge in [0, 0.05) is 10.8 Å². The monoisotopic (exact) mass is 360 g/mol. The van der Waals surface area contributed by atoms with Crippen molar-refractivity contribution in [3.8, 4) is 0 Å². The SMILES string of the molecule is O=C1[C@H]2CS[C@@H](c3ccc(Cl)cc3)N2C(=S)N1c1ccccc1. The summed E-state index contributed by atoms with van der Waals surface area (Å²) in [6.07, 6.45) is 0. The van der Waals surface area contributed by atoms with E-state index in [9.17, 15) is 4.79 Å². The summed E-state index contributed by atoms with van der Waals surface area (Å²) in [7, 11) is 0. The Balaban J connectivity index is 1.68. The fourth-order valence-electron chi connectivity index (χ4n) is 2.99. The van der Waals surface area contributed by atoms with Crippen LogP contribution in [0.5, 0.6) is 0 Å². The second-order valence-corrected chi connectivity index (χ2v) is 7.37. The summed E-state index contributed by atoms with van der Waals surface area (Å²) in [6, 6.07) is 17.2. The molecule has 2 aliphatic rings. The first-order chi connectivity index (χ1) is 11.2. The average molecular weight is 361 g/mol. The first kappa shape index (κ1) is 15.0. The number of amides is 1. The number of thiocarbonyl (C=S) groups is 1. The number of carbonyl (C=O) groups excluding carboxylic acids is 1. The highest BCUT2D eigenvalue weighted by molar-refractivity contribution is 7.99. The number of thioether (sulfide) groups is 1. The standard InChI is InChI=1S/C17H13ClN2OS2/c18-12-8-6-11(7-9-12)16-20-14(10-23-16)15(21)19(17(20)22)13-4-2-1-3-5-13/h1-9,14,16H,10H2/t14-,16+/m1/s1. The molecule has 0 saturated carbocycles. The van der Waals surface area contributed by atoms with E-state index in [0.717, 1.165) is 17.0 Å². The number of fused-ring (bicyclic) bond motifs is 1. The smallest absolute Gasteiger partial charge is 0.257 e. The van der Waals surface area contributed by atoms with Gasteiger partial charge in [-0.25, -0.2) is 0 Å². The van der Waals surface area contributed by atoms with Crippen molar-refractivity contribution in [1.82, 2.24) is 4.90 Å². The zero-order valence-corrected chi connectivity index (χ0v) is 14.4. The van der Waals surface area contributed by atoms with Gasteiger partial charge in [-0.2, -0.15) is 0 Å². The fourth-order valence-corrected chi connectivity index (χ4v) is 5.03. The maximum absolute atomic E-state index is 12.8. The van der Waals surface area contributed by atoms with Gasteiger partial charge in [0.1, 0.15) is 11.4 Å². The molecular formula is C17H13ClN2OS2. The molecule has 3 nitrogen and oxygen atoms in total. The largest absolute Gasteiger partial charge is 0.319 e. The Bertz CT molecular complexity index is 766. The molecular weight excluding hydrogens is 348 g/mol. The number of hydrogen-bond donors (Lipinski definition) is 0. The maximum Gasteiger partial charge on any atom is 0.257 e. The van der Waals surface area contributed by atoms with Crippen LogP contribution in [0.3, 0.4) is 0 Å². The second kappa shape index (κ2) is 5.82. The van der Waals surface area contributed by atoms with E-state index in [2.05, 4.69) is 4.90 Å². The van der Waals surface area contributed by atoms with Crippen LogP contribution in [0, 0.1) is 0 Å². The molecule has 0 spiro atoms. The highest BCUT2D eigenvalue weighted by atomic mass is 35.5. The third-order valence-corrected chi connectivity index (χ3v) is 6.06. The van der Waals surface area contributed by atoms with Gasteiger partial charge in [0.25, 0.3) is 5.91 Å². The molecule has 2 heterocycles. The summed E-state index contributed by atoms with van der Waals surface area (Å²) in [6.45, 7) is 0. The van der Waals surface area contributed by atoms with Crippen LogP contribution in [0.1, 0.15) is 10.9 Å². The number of hydrogen-bond acceptors (Lipinski definition) is 3. The topological polar surface area (TPSA) is 23.6 Å². The lowest BCUT2D eigenvalue weighted by atomic mass is 10.2. The van der Waals surface area contributed by atoms with Crippen LogP contribution in [-0.4, -0.2) is 27.7 Å². The van der Waals surface area contributed by atoms with Crippen LogP contribution < -0.4 is 4.90 Å². The normalized spacial score (nSPS) is 23.5. The molecule has 4 rings (SSSR count). The van der Waals surface area contributed by atoms with Crippen molar-refractivity contribution in [3.05, 3.63) is 65.2 Å². The third kappa shape index (κ3) is 2.43. The summed E-state index contributed by atoms with van der Waals surface area (Å²) >= 11 is 13.4. The summed E-state index contributed by atoms with van der Waals surface area (Å²) in [5.74, 6) is 0.806. The van der Waals surface area contributed by atoms with Crippen LogP contribution in [-0.2, 0) is 4.79 Å². The van der Waals surface area contributed by atoms with E-state index >= 15 is 0 Å². The van der Waals surface area contributed by atoms with Gasteiger partial charge in [-0.3, -0.25) is 9.69 Å². The highest BCUT2D eigenvalue weighted by Crippen LogP contribution is 2.46. The second-order valence-electron chi connectivity index (χ2n) is 5.45. The zero-order chi connectivity index (χ0) is 16.0. The van der Waals surface area contributed by atoms with Crippen LogP contribution in [0.4, 0.5) is 5.69 Å². The van der Waals surface area contributed by atoms with Gasteiger partial charge in [-0.15, -0.1) is 11.8 Å². The molecule has 2 saturated heterocycles. The molecule has 0 aromatic heterocycles. The molecule has 6 heteroatoms. The Kier molecular flexibility index (Phi) is 3.79. The van der Waals surface area contributed by atoms with Gasteiger partial charge in [0.15, 0.2) is 5.11 Å². The zero-order valence-electron chi connectivity index (χ0n) is 12.1. The van der Waals surface area contributed by atoms with Crippen molar-refractivity contribution in [3.63, 3.8) is 0 Å². The maximum atomic E-state index is 12.8. The third-order valence-electron chi connectivity index (χ3n) is 4.09. The quantitative estimate of drug-likeness (QED) is 0.753. The average Bonchev–Trinajstić information content (AvgIpc) is 3.10. The molecule has 0 aliphatic carbocycles. The lowest BCUT2D eigenvalue weighted by Gasteiger charge is -2.25.